The van der Waals surface area contributed by atoms with Crippen molar-refractivity contribution in [2.24, 2.45) is 5.41 Å². The van der Waals surface area contributed by atoms with Gasteiger partial charge >= 0.3 is 6.09 Å². The van der Waals surface area contributed by atoms with Gasteiger partial charge in [0.05, 0.1) is 18.6 Å². The van der Waals surface area contributed by atoms with Crippen LogP contribution in [0.3, 0.4) is 0 Å². The van der Waals surface area contributed by atoms with Crippen LogP contribution in [0.25, 0.3) is 0 Å². The molecule has 0 atom stereocenters. The number of nitrogens with one attached hydrogen (secondary N) is 1. The fourth-order valence-corrected chi connectivity index (χ4v) is 2.91. The van der Waals surface area contributed by atoms with Crippen molar-refractivity contribution in [1.82, 2.24) is 14.9 Å². The van der Waals surface area contributed by atoms with Crippen LogP contribution in [0.2, 0.25) is 0 Å². The molecule has 1 N–H and O–H groups in total. The molecule has 0 aliphatic heterocycles. The highest BCUT2D eigenvalue weighted by Crippen LogP contribution is 2.39. The van der Waals surface area contributed by atoms with Gasteiger partial charge in [-0.25, -0.2) is 9.78 Å². The average molecular weight is 293 g/mol. The van der Waals surface area contributed by atoms with Gasteiger partial charge in [-0.1, -0.05) is 19.8 Å². The Labute approximate surface area is 127 Å². The van der Waals surface area contributed by atoms with Gasteiger partial charge in [0.1, 0.15) is 5.60 Å². The number of hydrogen-bond acceptors (Lipinski definition) is 3. The third-order valence-electron chi connectivity index (χ3n) is 3.97. The lowest BCUT2D eigenvalue weighted by Crippen LogP contribution is -2.33. The van der Waals surface area contributed by atoms with Crippen LogP contribution in [-0.4, -0.2) is 21.2 Å². The maximum atomic E-state index is 11.7. The minimum absolute atomic E-state index is 0.362. The van der Waals surface area contributed by atoms with Gasteiger partial charge in [-0.3, -0.25) is 0 Å². The monoisotopic (exact) mass is 293 g/mol. The highest BCUT2D eigenvalue weighted by molar-refractivity contribution is 5.67. The zero-order valence-corrected chi connectivity index (χ0v) is 13.6. The normalized spacial score (nSPS) is 17.7. The predicted molar refractivity (Wildman–Crippen MR) is 81.9 cm³/mol. The van der Waals surface area contributed by atoms with E-state index in [1.807, 2.05) is 33.3 Å². The second kappa shape index (κ2) is 6.08. The molecule has 0 saturated heterocycles. The van der Waals surface area contributed by atoms with E-state index in [9.17, 15) is 4.79 Å². The summed E-state index contributed by atoms with van der Waals surface area (Å²) in [4.78, 5) is 15.9. The molecule has 1 heterocycles. The smallest absolute Gasteiger partial charge is 0.407 e. The van der Waals surface area contributed by atoms with Gasteiger partial charge in [-0.15, -0.1) is 0 Å². The highest BCUT2D eigenvalue weighted by atomic mass is 16.6. The fraction of sp³-hybridized carbons (Fsp3) is 0.750. The van der Waals surface area contributed by atoms with E-state index in [2.05, 4.69) is 21.8 Å². The van der Waals surface area contributed by atoms with Gasteiger partial charge in [0.15, 0.2) is 0 Å². The van der Waals surface area contributed by atoms with Gasteiger partial charge < -0.3 is 14.6 Å². The summed E-state index contributed by atoms with van der Waals surface area (Å²) in [6.07, 6.45) is 8.45. The number of hydrogen-bond donors (Lipinski definition) is 1. The van der Waals surface area contributed by atoms with Gasteiger partial charge in [0.25, 0.3) is 0 Å². The van der Waals surface area contributed by atoms with Crippen LogP contribution in [0.15, 0.2) is 12.5 Å². The molecule has 1 amide bonds. The number of amides is 1. The summed E-state index contributed by atoms with van der Waals surface area (Å²) in [6.45, 7) is 9.34. The van der Waals surface area contributed by atoms with Crippen LogP contribution in [0, 0.1) is 5.41 Å². The van der Waals surface area contributed by atoms with Crippen molar-refractivity contribution in [1.29, 1.82) is 0 Å². The molecule has 5 nitrogen and oxygen atoms in total. The molecule has 1 saturated carbocycles. The summed E-state index contributed by atoms with van der Waals surface area (Å²) in [5.74, 6) is 0. The molecular formula is C16H27N3O2. The minimum Gasteiger partial charge on any atom is -0.444 e. The first-order valence-corrected chi connectivity index (χ1v) is 7.73. The quantitative estimate of drug-likeness (QED) is 0.924. The van der Waals surface area contributed by atoms with E-state index < -0.39 is 5.60 Å². The highest BCUT2D eigenvalue weighted by Gasteiger charge is 2.29. The van der Waals surface area contributed by atoms with E-state index in [4.69, 9.17) is 4.74 Å². The zero-order valence-electron chi connectivity index (χ0n) is 13.6. The molecule has 1 aliphatic rings. The van der Waals surface area contributed by atoms with Crippen molar-refractivity contribution in [3.8, 4) is 0 Å². The molecule has 1 aromatic rings. The maximum absolute atomic E-state index is 11.7. The Kier molecular flexibility index (Phi) is 4.59. The first kappa shape index (κ1) is 15.9. The van der Waals surface area contributed by atoms with Gasteiger partial charge in [0.2, 0.25) is 0 Å². The Morgan fingerprint density at radius 1 is 1.43 bits per heavy atom. The maximum Gasteiger partial charge on any atom is 0.407 e. The molecule has 21 heavy (non-hydrogen) atoms. The second-order valence-electron chi connectivity index (χ2n) is 7.39. The summed E-state index contributed by atoms with van der Waals surface area (Å²) in [5.41, 5.74) is 0.914. The largest absolute Gasteiger partial charge is 0.444 e. The van der Waals surface area contributed by atoms with Crippen molar-refractivity contribution < 1.29 is 9.53 Å². The third-order valence-corrected chi connectivity index (χ3v) is 3.97. The van der Waals surface area contributed by atoms with Crippen molar-refractivity contribution in [3.63, 3.8) is 0 Å². The molecule has 118 valence electrons. The van der Waals surface area contributed by atoms with E-state index in [1.54, 1.807) is 0 Å². The van der Waals surface area contributed by atoms with Gasteiger partial charge in [-0.2, -0.15) is 0 Å². The summed E-state index contributed by atoms with van der Waals surface area (Å²) in [7, 11) is 0. The lowest BCUT2D eigenvalue weighted by molar-refractivity contribution is 0.0522. The Hall–Kier alpha value is -1.52. The third kappa shape index (κ3) is 4.76. The number of ether oxygens (including phenoxy) is 1. The molecule has 0 radical (unpaired) electrons. The van der Waals surface area contributed by atoms with Crippen LogP contribution in [0.4, 0.5) is 4.79 Å². The Morgan fingerprint density at radius 3 is 2.71 bits per heavy atom. The first-order valence-electron chi connectivity index (χ1n) is 7.73. The van der Waals surface area contributed by atoms with E-state index >= 15 is 0 Å². The van der Waals surface area contributed by atoms with Crippen LogP contribution in [0.5, 0.6) is 0 Å². The molecule has 2 rings (SSSR count). The van der Waals surface area contributed by atoms with E-state index in [0.717, 1.165) is 12.2 Å². The molecule has 1 aliphatic carbocycles. The lowest BCUT2D eigenvalue weighted by atomic mass is 9.89. The zero-order chi connectivity index (χ0) is 15.5. The number of imidazole rings is 1. The number of rotatable bonds is 4. The summed E-state index contributed by atoms with van der Waals surface area (Å²) in [5, 5.41) is 2.80. The second-order valence-corrected chi connectivity index (χ2v) is 7.39. The number of aromatic nitrogens is 2. The predicted octanol–water partition coefficient (Wildman–Crippen LogP) is 3.49. The summed E-state index contributed by atoms with van der Waals surface area (Å²) >= 11 is 0. The minimum atomic E-state index is -0.471. The first-order chi connectivity index (χ1) is 9.77. The molecular weight excluding hydrogens is 266 g/mol. The van der Waals surface area contributed by atoms with Crippen molar-refractivity contribution in [3.05, 3.63) is 18.2 Å². The Balaban J connectivity index is 1.90. The number of nitrogens with zero attached hydrogens (tertiary/aromatic N) is 2. The van der Waals surface area contributed by atoms with Crippen molar-refractivity contribution in [2.45, 2.75) is 72.1 Å². The molecule has 5 heteroatoms. The summed E-state index contributed by atoms with van der Waals surface area (Å²) in [6, 6.07) is 0. The Morgan fingerprint density at radius 2 is 2.10 bits per heavy atom. The van der Waals surface area contributed by atoms with Crippen LogP contribution < -0.4 is 5.32 Å². The topological polar surface area (TPSA) is 56.2 Å². The van der Waals surface area contributed by atoms with Crippen molar-refractivity contribution >= 4 is 6.09 Å². The standard InChI is InChI=1S/C16H27N3O2/c1-15(2,3)21-14(20)18-10-13-9-17-12-19(13)11-16(4)7-5-6-8-16/h9,12H,5-8,10-11H2,1-4H3,(H,18,20). The van der Waals surface area contributed by atoms with Crippen molar-refractivity contribution in [2.75, 3.05) is 0 Å². The SMILES string of the molecule is CC1(Cn2cncc2CNC(=O)OC(C)(C)C)CCCC1. The molecule has 0 unspecified atom stereocenters. The number of carbonyl (C=O) groups is 1. The van der Waals surface area contributed by atoms with E-state index in [1.165, 1.54) is 25.7 Å². The lowest BCUT2D eigenvalue weighted by Gasteiger charge is -2.25. The van der Waals surface area contributed by atoms with Gasteiger partial charge in [0, 0.05) is 12.7 Å². The van der Waals surface area contributed by atoms with Gasteiger partial charge in [-0.05, 0) is 39.0 Å². The summed E-state index contributed by atoms with van der Waals surface area (Å²) < 4.78 is 7.40. The van der Waals surface area contributed by atoms with E-state index in [0.29, 0.717) is 12.0 Å². The fourth-order valence-electron chi connectivity index (χ4n) is 2.91. The molecule has 1 aromatic heterocycles. The number of alkyl carbamates (subject to hydrolysis) is 1. The Bertz CT molecular complexity index is 482. The molecule has 0 spiro atoms. The van der Waals surface area contributed by atoms with E-state index in [-0.39, 0.29) is 6.09 Å². The van der Waals surface area contributed by atoms with Crippen LogP contribution >= 0.6 is 0 Å². The molecule has 0 bridgehead atoms. The van der Waals surface area contributed by atoms with Crippen LogP contribution in [-0.2, 0) is 17.8 Å². The number of carbonyl (C=O) groups excluding carboxylic acids is 1. The molecule has 0 aromatic carbocycles. The van der Waals surface area contributed by atoms with Crippen LogP contribution in [0.1, 0.15) is 59.1 Å². The molecule has 1 fully saturated rings. The average Bonchev–Trinajstić information content (AvgIpc) is 2.94.